The maximum absolute atomic E-state index is 14.1. The minimum Gasteiger partial charge on any atom is -0.313 e. The Morgan fingerprint density at radius 2 is 1.95 bits per heavy atom. The molecule has 0 aromatic heterocycles. The molecule has 0 aliphatic heterocycles. The highest BCUT2D eigenvalue weighted by atomic mass is 19.1. The zero-order valence-electron chi connectivity index (χ0n) is 11.5. The Morgan fingerprint density at radius 1 is 1.16 bits per heavy atom. The molecule has 0 spiro atoms. The van der Waals surface area contributed by atoms with Crippen molar-refractivity contribution in [2.75, 3.05) is 7.05 Å². The number of hydrogen-bond acceptors (Lipinski definition) is 1. The van der Waals surface area contributed by atoms with Gasteiger partial charge < -0.3 is 5.32 Å². The molecule has 0 heterocycles. The number of fused-ring (bicyclic) bond motifs is 2. The molecule has 2 aliphatic rings. The first-order chi connectivity index (χ1) is 9.10. The largest absolute Gasteiger partial charge is 0.313 e. The summed E-state index contributed by atoms with van der Waals surface area (Å²) in [5.74, 6) is 1.18. The van der Waals surface area contributed by atoms with Gasteiger partial charge in [-0.3, -0.25) is 0 Å². The first-order valence-corrected chi connectivity index (χ1v) is 7.23. The summed E-state index contributed by atoms with van der Waals surface area (Å²) in [4.78, 5) is 0. The third kappa shape index (κ3) is 2.18. The van der Waals surface area contributed by atoms with Crippen LogP contribution in [0, 0.1) is 36.3 Å². The van der Waals surface area contributed by atoms with Crippen LogP contribution in [0.15, 0.2) is 12.1 Å². The SMILES string of the molecule is CNC(c1cc(C)c(F)cc1F)C1CC2CCC1C2. The zero-order valence-corrected chi connectivity index (χ0v) is 11.5. The van der Waals surface area contributed by atoms with Crippen molar-refractivity contribution in [3.63, 3.8) is 0 Å². The highest BCUT2D eigenvalue weighted by molar-refractivity contribution is 5.29. The smallest absolute Gasteiger partial charge is 0.130 e. The second-order valence-electron chi connectivity index (χ2n) is 6.23. The molecule has 2 fully saturated rings. The molecule has 0 saturated heterocycles. The van der Waals surface area contributed by atoms with Crippen molar-refractivity contribution in [1.29, 1.82) is 0 Å². The van der Waals surface area contributed by atoms with Crippen molar-refractivity contribution in [2.45, 2.75) is 38.6 Å². The van der Waals surface area contributed by atoms with Crippen LogP contribution in [0.25, 0.3) is 0 Å². The lowest BCUT2D eigenvalue weighted by atomic mass is 9.80. The Hall–Kier alpha value is -0.960. The number of rotatable bonds is 3. The second-order valence-corrected chi connectivity index (χ2v) is 6.23. The monoisotopic (exact) mass is 265 g/mol. The molecule has 4 atom stereocenters. The Kier molecular flexibility index (Phi) is 3.34. The Balaban J connectivity index is 1.92. The molecule has 1 N–H and O–H groups in total. The van der Waals surface area contributed by atoms with E-state index in [1.807, 2.05) is 7.05 Å². The van der Waals surface area contributed by atoms with Gasteiger partial charge in [-0.2, -0.15) is 0 Å². The number of benzene rings is 1. The molecule has 1 aromatic carbocycles. The third-order valence-electron chi connectivity index (χ3n) is 5.14. The van der Waals surface area contributed by atoms with E-state index in [2.05, 4.69) is 5.32 Å². The standard InChI is InChI=1S/C16H21F2N/c1-9-5-13(15(18)8-14(9)17)16(19-2)12-7-10-3-4-11(12)6-10/h5,8,10-12,16,19H,3-4,6-7H2,1-2H3. The number of aryl methyl sites for hydroxylation is 1. The maximum atomic E-state index is 14.1. The zero-order chi connectivity index (χ0) is 13.6. The lowest BCUT2D eigenvalue weighted by molar-refractivity contribution is 0.255. The van der Waals surface area contributed by atoms with Crippen molar-refractivity contribution in [3.05, 3.63) is 34.9 Å². The Labute approximate surface area is 113 Å². The van der Waals surface area contributed by atoms with Gasteiger partial charge in [0.1, 0.15) is 11.6 Å². The van der Waals surface area contributed by atoms with Crippen molar-refractivity contribution in [3.8, 4) is 0 Å². The third-order valence-corrected chi connectivity index (χ3v) is 5.14. The van der Waals surface area contributed by atoms with Crippen LogP contribution in [0.5, 0.6) is 0 Å². The van der Waals surface area contributed by atoms with E-state index in [4.69, 9.17) is 0 Å². The van der Waals surface area contributed by atoms with Gasteiger partial charge in [-0.15, -0.1) is 0 Å². The lowest BCUT2D eigenvalue weighted by Gasteiger charge is -2.31. The summed E-state index contributed by atoms with van der Waals surface area (Å²) in [6, 6.07) is 2.73. The number of nitrogens with one attached hydrogen (secondary N) is 1. The molecule has 1 aromatic rings. The van der Waals surface area contributed by atoms with E-state index < -0.39 is 11.6 Å². The predicted molar refractivity (Wildman–Crippen MR) is 71.8 cm³/mol. The molecule has 4 unspecified atom stereocenters. The summed E-state index contributed by atoms with van der Waals surface area (Å²) in [5.41, 5.74) is 1.17. The fourth-order valence-electron chi connectivity index (χ4n) is 4.22. The lowest BCUT2D eigenvalue weighted by Crippen LogP contribution is -2.29. The molecular weight excluding hydrogens is 244 g/mol. The molecule has 104 valence electrons. The summed E-state index contributed by atoms with van der Waals surface area (Å²) in [6.07, 6.45) is 5.09. The molecule has 1 nitrogen and oxygen atoms in total. The van der Waals surface area contributed by atoms with Crippen LogP contribution in [-0.4, -0.2) is 7.05 Å². The number of hydrogen-bond donors (Lipinski definition) is 1. The van der Waals surface area contributed by atoms with E-state index in [9.17, 15) is 8.78 Å². The van der Waals surface area contributed by atoms with Gasteiger partial charge in [0.15, 0.2) is 0 Å². The van der Waals surface area contributed by atoms with Crippen LogP contribution in [-0.2, 0) is 0 Å². The van der Waals surface area contributed by atoms with Gasteiger partial charge in [0.05, 0.1) is 0 Å². The highest BCUT2D eigenvalue weighted by Crippen LogP contribution is 2.52. The topological polar surface area (TPSA) is 12.0 Å². The fraction of sp³-hybridized carbons (Fsp3) is 0.625. The van der Waals surface area contributed by atoms with E-state index in [1.165, 1.54) is 25.7 Å². The van der Waals surface area contributed by atoms with Gasteiger partial charge >= 0.3 is 0 Å². The second kappa shape index (κ2) is 4.86. The highest BCUT2D eigenvalue weighted by Gasteiger charge is 2.43. The minimum atomic E-state index is -0.455. The summed E-state index contributed by atoms with van der Waals surface area (Å²) in [5, 5.41) is 3.27. The summed E-state index contributed by atoms with van der Waals surface area (Å²) < 4.78 is 27.5. The van der Waals surface area contributed by atoms with Crippen LogP contribution in [0.2, 0.25) is 0 Å². The van der Waals surface area contributed by atoms with Gasteiger partial charge in [-0.1, -0.05) is 6.42 Å². The minimum absolute atomic E-state index is 0.0228. The van der Waals surface area contributed by atoms with E-state index in [-0.39, 0.29) is 6.04 Å². The van der Waals surface area contributed by atoms with Gasteiger partial charge in [-0.05, 0) is 62.6 Å². The van der Waals surface area contributed by atoms with Gasteiger partial charge in [0.25, 0.3) is 0 Å². The van der Waals surface area contributed by atoms with Crippen LogP contribution in [0.3, 0.4) is 0 Å². The quantitative estimate of drug-likeness (QED) is 0.872. The normalized spacial score (nSPS) is 30.8. The van der Waals surface area contributed by atoms with Crippen molar-refractivity contribution in [2.24, 2.45) is 17.8 Å². The molecular formula is C16H21F2N. The van der Waals surface area contributed by atoms with E-state index >= 15 is 0 Å². The van der Waals surface area contributed by atoms with Crippen molar-refractivity contribution in [1.82, 2.24) is 5.32 Å². The summed E-state index contributed by atoms with van der Waals surface area (Å²) in [7, 11) is 1.88. The van der Waals surface area contributed by atoms with Crippen molar-refractivity contribution >= 4 is 0 Å². The van der Waals surface area contributed by atoms with Gasteiger partial charge in [-0.25, -0.2) is 8.78 Å². The molecule has 2 saturated carbocycles. The summed E-state index contributed by atoms with van der Waals surface area (Å²) in [6.45, 7) is 1.70. The molecule has 19 heavy (non-hydrogen) atoms. The van der Waals surface area contributed by atoms with Gasteiger partial charge in [0, 0.05) is 17.7 Å². The van der Waals surface area contributed by atoms with Gasteiger partial charge in [0.2, 0.25) is 0 Å². The van der Waals surface area contributed by atoms with Crippen LogP contribution < -0.4 is 5.32 Å². The average Bonchev–Trinajstić information content (AvgIpc) is 2.99. The van der Waals surface area contributed by atoms with Crippen LogP contribution in [0.1, 0.15) is 42.9 Å². The Morgan fingerprint density at radius 3 is 2.53 bits per heavy atom. The predicted octanol–water partition coefficient (Wildman–Crippen LogP) is 3.97. The van der Waals surface area contributed by atoms with E-state index in [0.717, 1.165) is 12.0 Å². The summed E-state index contributed by atoms with van der Waals surface area (Å²) >= 11 is 0. The fourth-order valence-corrected chi connectivity index (χ4v) is 4.22. The van der Waals surface area contributed by atoms with E-state index in [1.54, 1.807) is 13.0 Å². The molecule has 0 amide bonds. The Bertz CT molecular complexity index is 486. The maximum Gasteiger partial charge on any atom is 0.130 e. The van der Waals surface area contributed by atoms with Crippen LogP contribution >= 0.6 is 0 Å². The van der Waals surface area contributed by atoms with Crippen molar-refractivity contribution < 1.29 is 8.78 Å². The molecule has 0 radical (unpaired) electrons. The van der Waals surface area contributed by atoms with Crippen LogP contribution in [0.4, 0.5) is 8.78 Å². The van der Waals surface area contributed by atoms with E-state index in [0.29, 0.717) is 23.0 Å². The number of halogens is 2. The molecule has 2 aliphatic carbocycles. The molecule has 3 heteroatoms. The molecule has 3 rings (SSSR count). The first kappa shape index (κ1) is 13.0. The average molecular weight is 265 g/mol. The first-order valence-electron chi connectivity index (χ1n) is 7.23. The molecule has 2 bridgehead atoms.